The van der Waals surface area contributed by atoms with Crippen LogP contribution in [-0.4, -0.2) is 5.91 Å². The van der Waals surface area contributed by atoms with Crippen LogP contribution in [0, 0.1) is 0 Å². The van der Waals surface area contributed by atoms with Gasteiger partial charge in [0.1, 0.15) is 11.3 Å². The topological polar surface area (TPSA) is 42.2 Å². The number of fused-ring (bicyclic) bond motifs is 2. The fourth-order valence-corrected chi connectivity index (χ4v) is 2.82. The first-order valence-electron chi connectivity index (χ1n) is 6.68. The van der Waals surface area contributed by atoms with Crippen LogP contribution >= 0.6 is 0 Å². The summed E-state index contributed by atoms with van der Waals surface area (Å²) in [5, 5.41) is 4.00. The number of nitrogens with one attached hydrogen (secondary N) is 1. The zero-order valence-electron chi connectivity index (χ0n) is 10.8. The molecule has 1 aromatic heterocycles. The Bertz CT molecular complexity index is 770. The van der Waals surface area contributed by atoms with E-state index in [0.29, 0.717) is 6.42 Å². The molecule has 2 heterocycles. The maximum atomic E-state index is 12.1. The molecule has 20 heavy (non-hydrogen) atoms. The van der Waals surface area contributed by atoms with E-state index in [4.69, 9.17) is 4.42 Å². The van der Waals surface area contributed by atoms with Crippen LogP contribution in [0.1, 0.15) is 17.2 Å². The minimum Gasteiger partial charge on any atom is -0.461 e. The molecule has 1 amide bonds. The van der Waals surface area contributed by atoms with Gasteiger partial charge < -0.3 is 9.73 Å². The van der Waals surface area contributed by atoms with Gasteiger partial charge in [-0.15, -0.1) is 0 Å². The number of hydrogen-bond acceptors (Lipinski definition) is 2. The number of para-hydroxylation sites is 2. The molecule has 0 spiro atoms. The molecule has 3 nitrogen and oxygen atoms in total. The Labute approximate surface area is 116 Å². The minimum absolute atomic E-state index is 0.0478. The Hall–Kier alpha value is -2.55. The second-order valence-corrected chi connectivity index (χ2v) is 5.08. The van der Waals surface area contributed by atoms with Crippen LogP contribution in [0.2, 0.25) is 0 Å². The standard InChI is InChI=1S/C17H13NO2/c19-17-14(13-6-2-3-7-15(13)18-17)10-12-9-11-5-1-4-8-16(11)20-12/h1-9,14H,10H2,(H,18,19). The monoisotopic (exact) mass is 263 g/mol. The molecular weight excluding hydrogens is 250 g/mol. The van der Waals surface area contributed by atoms with Crippen LogP contribution in [-0.2, 0) is 11.2 Å². The molecule has 1 aliphatic rings. The fraction of sp³-hybridized carbons (Fsp3) is 0.118. The van der Waals surface area contributed by atoms with Crippen LogP contribution in [0.3, 0.4) is 0 Å². The number of benzene rings is 2. The van der Waals surface area contributed by atoms with Gasteiger partial charge in [0.25, 0.3) is 0 Å². The molecule has 1 unspecified atom stereocenters. The summed E-state index contributed by atoms with van der Waals surface area (Å²) in [4.78, 5) is 12.1. The van der Waals surface area contributed by atoms with Crippen molar-refractivity contribution in [2.75, 3.05) is 5.32 Å². The number of amides is 1. The number of carbonyl (C=O) groups is 1. The summed E-state index contributed by atoms with van der Waals surface area (Å²) in [6.07, 6.45) is 0.595. The van der Waals surface area contributed by atoms with Gasteiger partial charge in [0.15, 0.2) is 0 Å². The van der Waals surface area contributed by atoms with Crippen molar-refractivity contribution in [3.8, 4) is 0 Å². The van der Waals surface area contributed by atoms with Crippen molar-refractivity contribution in [1.29, 1.82) is 0 Å². The van der Waals surface area contributed by atoms with E-state index in [0.717, 1.165) is 28.0 Å². The Balaban J connectivity index is 1.70. The zero-order chi connectivity index (χ0) is 13.5. The molecule has 0 bridgehead atoms. The molecule has 2 aromatic carbocycles. The van der Waals surface area contributed by atoms with Crippen molar-refractivity contribution in [3.63, 3.8) is 0 Å². The predicted octanol–water partition coefficient (Wildman–Crippen LogP) is 3.71. The van der Waals surface area contributed by atoms with Crippen molar-refractivity contribution in [1.82, 2.24) is 0 Å². The lowest BCUT2D eigenvalue weighted by Crippen LogP contribution is -2.13. The first-order chi connectivity index (χ1) is 9.81. The first kappa shape index (κ1) is 11.3. The van der Waals surface area contributed by atoms with Crippen LogP contribution in [0.15, 0.2) is 59.0 Å². The Morgan fingerprint density at radius 2 is 1.85 bits per heavy atom. The van der Waals surface area contributed by atoms with E-state index in [1.807, 2.05) is 54.6 Å². The molecule has 3 heteroatoms. The highest BCUT2D eigenvalue weighted by molar-refractivity contribution is 6.03. The molecular formula is C17H13NO2. The normalized spacial score (nSPS) is 17.2. The van der Waals surface area contributed by atoms with E-state index in [9.17, 15) is 4.79 Å². The molecule has 0 saturated heterocycles. The molecule has 0 saturated carbocycles. The average molecular weight is 263 g/mol. The van der Waals surface area contributed by atoms with E-state index < -0.39 is 0 Å². The van der Waals surface area contributed by atoms with Gasteiger partial charge in [-0.1, -0.05) is 36.4 Å². The van der Waals surface area contributed by atoms with Gasteiger partial charge in [0, 0.05) is 17.5 Å². The molecule has 98 valence electrons. The maximum Gasteiger partial charge on any atom is 0.232 e. The number of furan rings is 1. The molecule has 0 radical (unpaired) electrons. The summed E-state index contributed by atoms with van der Waals surface area (Å²) in [6, 6.07) is 17.8. The van der Waals surface area contributed by atoms with Gasteiger partial charge in [0.05, 0.1) is 5.92 Å². The zero-order valence-corrected chi connectivity index (χ0v) is 10.8. The molecule has 0 fully saturated rings. The minimum atomic E-state index is -0.160. The van der Waals surface area contributed by atoms with Gasteiger partial charge in [-0.3, -0.25) is 4.79 Å². The Morgan fingerprint density at radius 3 is 2.75 bits per heavy atom. The van der Waals surface area contributed by atoms with Crippen molar-refractivity contribution in [2.24, 2.45) is 0 Å². The molecule has 3 aromatic rings. The number of rotatable bonds is 2. The van der Waals surface area contributed by atoms with Gasteiger partial charge in [-0.25, -0.2) is 0 Å². The summed E-state index contributed by atoms with van der Waals surface area (Å²) in [5.41, 5.74) is 2.84. The fourth-order valence-electron chi connectivity index (χ4n) is 2.82. The lowest BCUT2D eigenvalue weighted by Gasteiger charge is -2.05. The van der Waals surface area contributed by atoms with Crippen LogP contribution < -0.4 is 5.32 Å². The van der Waals surface area contributed by atoms with E-state index >= 15 is 0 Å². The second-order valence-electron chi connectivity index (χ2n) is 5.08. The highest BCUT2D eigenvalue weighted by Gasteiger charge is 2.31. The quantitative estimate of drug-likeness (QED) is 0.765. The SMILES string of the molecule is O=C1Nc2ccccc2C1Cc1cc2ccccc2o1. The molecule has 1 aliphatic heterocycles. The van der Waals surface area contributed by atoms with Crippen molar-refractivity contribution in [3.05, 3.63) is 65.9 Å². The third kappa shape index (κ3) is 1.71. The number of hydrogen-bond donors (Lipinski definition) is 1. The van der Waals surface area contributed by atoms with Gasteiger partial charge >= 0.3 is 0 Å². The maximum absolute atomic E-state index is 12.1. The van der Waals surface area contributed by atoms with E-state index in [1.54, 1.807) is 0 Å². The van der Waals surface area contributed by atoms with E-state index in [2.05, 4.69) is 5.32 Å². The largest absolute Gasteiger partial charge is 0.461 e. The highest BCUT2D eigenvalue weighted by Crippen LogP contribution is 2.35. The highest BCUT2D eigenvalue weighted by atomic mass is 16.3. The van der Waals surface area contributed by atoms with Crippen LogP contribution in [0.5, 0.6) is 0 Å². The molecule has 4 rings (SSSR count). The summed E-state index contributed by atoms with van der Waals surface area (Å²) < 4.78 is 5.81. The third-order valence-electron chi connectivity index (χ3n) is 3.79. The lowest BCUT2D eigenvalue weighted by atomic mass is 9.96. The lowest BCUT2D eigenvalue weighted by molar-refractivity contribution is -0.117. The van der Waals surface area contributed by atoms with E-state index in [-0.39, 0.29) is 11.8 Å². The Morgan fingerprint density at radius 1 is 1.05 bits per heavy atom. The van der Waals surface area contributed by atoms with Crippen molar-refractivity contribution >= 4 is 22.6 Å². The van der Waals surface area contributed by atoms with Gasteiger partial charge in [-0.2, -0.15) is 0 Å². The second kappa shape index (κ2) is 4.23. The summed E-state index contributed by atoms with van der Waals surface area (Å²) in [7, 11) is 0. The van der Waals surface area contributed by atoms with Crippen LogP contribution in [0.4, 0.5) is 5.69 Å². The van der Waals surface area contributed by atoms with Crippen molar-refractivity contribution in [2.45, 2.75) is 12.3 Å². The predicted molar refractivity (Wildman–Crippen MR) is 77.7 cm³/mol. The summed E-state index contributed by atoms with van der Waals surface area (Å²) in [5.74, 6) is 0.737. The summed E-state index contributed by atoms with van der Waals surface area (Å²) >= 11 is 0. The van der Waals surface area contributed by atoms with Gasteiger partial charge in [-0.05, 0) is 23.8 Å². The Kier molecular flexibility index (Phi) is 2.39. The first-order valence-corrected chi connectivity index (χ1v) is 6.68. The van der Waals surface area contributed by atoms with Gasteiger partial charge in [0.2, 0.25) is 5.91 Å². The number of anilines is 1. The smallest absolute Gasteiger partial charge is 0.232 e. The molecule has 1 N–H and O–H groups in total. The summed E-state index contributed by atoms with van der Waals surface area (Å²) in [6.45, 7) is 0. The van der Waals surface area contributed by atoms with Crippen molar-refractivity contribution < 1.29 is 9.21 Å². The molecule has 0 aliphatic carbocycles. The number of carbonyl (C=O) groups excluding carboxylic acids is 1. The average Bonchev–Trinajstić information content (AvgIpc) is 3.00. The third-order valence-corrected chi connectivity index (χ3v) is 3.79. The van der Waals surface area contributed by atoms with Crippen LogP contribution in [0.25, 0.3) is 11.0 Å². The molecule has 1 atom stereocenters. The van der Waals surface area contributed by atoms with E-state index in [1.165, 1.54) is 0 Å².